The molecule has 15 heavy (non-hydrogen) atoms. The second-order valence-electron chi connectivity index (χ2n) is 3.41. The van der Waals surface area contributed by atoms with Crippen molar-refractivity contribution in [2.45, 2.75) is 4.90 Å². The van der Waals surface area contributed by atoms with E-state index in [1.807, 2.05) is 6.07 Å². The Bertz CT molecular complexity index is 680. The molecule has 0 radical (unpaired) electrons. The maximum atomic E-state index is 11.5. The van der Waals surface area contributed by atoms with Crippen LogP contribution < -0.4 is 0 Å². The van der Waals surface area contributed by atoms with Crippen molar-refractivity contribution in [3.8, 4) is 0 Å². The monoisotopic (exact) mass is 242 g/mol. The number of hydrogen-bond acceptors (Lipinski definition) is 3. The van der Waals surface area contributed by atoms with E-state index in [1.54, 1.807) is 23.7 Å². The lowest BCUT2D eigenvalue weighted by atomic mass is 10.3. The maximum Gasteiger partial charge on any atom is 0.177 e. The first kappa shape index (κ1) is 10.4. The van der Waals surface area contributed by atoms with Gasteiger partial charge in [-0.05, 0) is 24.4 Å². The summed E-state index contributed by atoms with van der Waals surface area (Å²) in [4.78, 5) is 3.18. The molecule has 0 bridgehead atoms. The number of fused-ring (bicyclic) bond motifs is 1. The van der Waals surface area contributed by atoms with Crippen molar-refractivity contribution in [3.05, 3.63) is 23.0 Å². The summed E-state index contributed by atoms with van der Waals surface area (Å²) in [6.07, 6.45) is 1.19. The van der Waals surface area contributed by atoms with Gasteiger partial charge in [0, 0.05) is 13.3 Å². The molecule has 1 N–H and O–H groups in total. The SMILES string of the molecule is Cn1c(=S)[nH]c2c(S(C)(=O)=O)cccc21. The van der Waals surface area contributed by atoms with E-state index in [9.17, 15) is 8.42 Å². The molecule has 80 valence electrons. The Kier molecular flexibility index (Phi) is 2.20. The number of sulfone groups is 1. The number of aryl methyl sites for hydroxylation is 1. The van der Waals surface area contributed by atoms with Gasteiger partial charge < -0.3 is 9.55 Å². The highest BCUT2D eigenvalue weighted by Gasteiger charge is 2.13. The molecule has 4 nitrogen and oxygen atoms in total. The van der Waals surface area contributed by atoms with Gasteiger partial charge >= 0.3 is 0 Å². The molecule has 1 heterocycles. The summed E-state index contributed by atoms with van der Waals surface area (Å²) in [7, 11) is -1.42. The Labute approximate surface area is 92.5 Å². The van der Waals surface area contributed by atoms with Crippen molar-refractivity contribution in [2.24, 2.45) is 7.05 Å². The molecule has 1 aromatic carbocycles. The van der Waals surface area contributed by atoms with Crippen molar-refractivity contribution in [2.75, 3.05) is 6.26 Å². The summed E-state index contributed by atoms with van der Waals surface area (Å²) in [5, 5.41) is 0. The Morgan fingerprint density at radius 1 is 1.40 bits per heavy atom. The van der Waals surface area contributed by atoms with E-state index in [-0.39, 0.29) is 4.90 Å². The zero-order chi connectivity index (χ0) is 11.2. The lowest BCUT2D eigenvalue weighted by Gasteiger charge is -2.00. The first-order chi connectivity index (χ1) is 6.91. The number of aromatic nitrogens is 2. The smallest absolute Gasteiger partial charge is 0.177 e. The minimum atomic E-state index is -3.22. The van der Waals surface area contributed by atoms with E-state index in [0.717, 1.165) is 5.52 Å². The number of benzene rings is 1. The van der Waals surface area contributed by atoms with Crippen molar-refractivity contribution >= 4 is 33.1 Å². The highest BCUT2D eigenvalue weighted by molar-refractivity contribution is 7.91. The Hall–Kier alpha value is -1.14. The van der Waals surface area contributed by atoms with Crippen molar-refractivity contribution in [3.63, 3.8) is 0 Å². The van der Waals surface area contributed by atoms with Crippen LogP contribution in [0.3, 0.4) is 0 Å². The summed E-state index contributed by atoms with van der Waals surface area (Å²) in [6, 6.07) is 5.11. The summed E-state index contributed by atoms with van der Waals surface area (Å²) in [6.45, 7) is 0. The number of aromatic amines is 1. The van der Waals surface area contributed by atoms with Crippen LogP contribution in [0.15, 0.2) is 23.1 Å². The number of imidazole rings is 1. The van der Waals surface area contributed by atoms with Crippen LogP contribution in [-0.2, 0) is 16.9 Å². The minimum Gasteiger partial charge on any atom is -0.330 e. The first-order valence-electron chi connectivity index (χ1n) is 4.29. The molecule has 6 heteroatoms. The predicted molar refractivity (Wildman–Crippen MR) is 61.2 cm³/mol. The summed E-state index contributed by atoms with van der Waals surface area (Å²) >= 11 is 5.05. The maximum absolute atomic E-state index is 11.5. The van der Waals surface area contributed by atoms with Gasteiger partial charge in [0.15, 0.2) is 14.6 Å². The number of para-hydroxylation sites is 1. The predicted octanol–water partition coefficient (Wildman–Crippen LogP) is 1.64. The van der Waals surface area contributed by atoms with Gasteiger partial charge in [-0.3, -0.25) is 0 Å². The Morgan fingerprint density at radius 2 is 2.07 bits per heavy atom. The Morgan fingerprint density at radius 3 is 2.67 bits per heavy atom. The minimum absolute atomic E-state index is 0.284. The molecule has 0 saturated heterocycles. The normalized spacial score (nSPS) is 12.1. The molecule has 0 aliphatic rings. The van der Waals surface area contributed by atoms with Crippen LogP contribution in [0.1, 0.15) is 0 Å². The molecule has 0 atom stereocenters. The third-order valence-electron chi connectivity index (χ3n) is 2.30. The van der Waals surface area contributed by atoms with Gasteiger partial charge in [0.1, 0.15) is 0 Å². The average molecular weight is 242 g/mol. The molecule has 0 fully saturated rings. The lowest BCUT2D eigenvalue weighted by Crippen LogP contribution is -1.98. The molecule has 0 aliphatic carbocycles. The van der Waals surface area contributed by atoms with E-state index in [1.165, 1.54) is 6.26 Å². The molecular weight excluding hydrogens is 232 g/mol. The van der Waals surface area contributed by atoms with E-state index in [4.69, 9.17) is 12.2 Å². The third kappa shape index (κ3) is 1.59. The third-order valence-corrected chi connectivity index (χ3v) is 3.82. The van der Waals surface area contributed by atoms with Gasteiger partial charge in [0.2, 0.25) is 0 Å². The highest BCUT2D eigenvalue weighted by atomic mass is 32.2. The quantitative estimate of drug-likeness (QED) is 0.773. The van der Waals surface area contributed by atoms with Crippen LogP contribution >= 0.6 is 12.2 Å². The second-order valence-corrected chi connectivity index (χ2v) is 5.78. The molecule has 0 spiro atoms. The Balaban J connectivity index is 3.02. The molecular formula is C9H10N2O2S2. The number of H-pyrrole nitrogens is 1. The standard InChI is InChI=1S/C9H10N2O2S2/c1-11-6-4-3-5-7(15(2,12)13)8(6)10-9(11)14/h3-5H,1-2H3,(H,10,14). The fourth-order valence-corrected chi connectivity index (χ4v) is 2.59. The van der Waals surface area contributed by atoms with Crippen LogP contribution in [0.25, 0.3) is 11.0 Å². The zero-order valence-electron chi connectivity index (χ0n) is 8.31. The van der Waals surface area contributed by atoms with Gasteiger partial charge in [0.05, 0.1) is 15.9 Å². The summed E-state index contributed by atoms with van der Waals surface area (Å²) in [5.41, 5.74) is 1.37. The van der Waals surface area contributed by atoms with E-state index >= 15 is 0 Å². The molecule has 0 unspecified atom stereocenters. The van der Waals surface area contributed by atoms with Crippen LogP contribution in [0, 0.1) is 4.77 Å². The van der Waals surface area contributed by atoms with Crippen molar-refractivity contribution in [1.82, 2.24) is 9.55 Å². The van der Waals surface area contributed by atoms with Crippen LogP contribution in [0.2, 0.25) is 0 Å². The molecule has 0 saturated carbocycles. The van der Waals surface area contributed by atoms with E-state index < -0.39 is 9.84 Å². The van der Waals surface area contributed by atoms with Crippen LogP contribution in [0.5, 0.6) is 0 Å². The lowest BCUT2D eigenvalue weighted by molar-refractivity contribution is 0.602. The van der Waals surface area contributed by atoms with E-state index in [2.05, 4.69) is 4.98 Å². The molecule has 0 aliphatic heterocycles. The fourth-order valence-electron chi connectivity index (χ4n) is 1.53. The fraction of sp³-hybridized carbons (Fsp3) is 0.222. The topological polar surface area (TPSA) is 54.9 Å². The van der Waals surface area contributed by atoms with Gasteiger partial charge in [-0.15, -0.1) is 0 Å². The summed E-state index contributed by atoms with van der Waals surface area (Å²) in [5.74, 6) is 0. The van der Waals surface area contributed by atoms with Crippen LogP contribution in [-0.4, -0.2) is 24.2 Å². The van der Waals surface area contributed by atoms with Gasteiger partial charge in [0.25, 0.3) is 0 Å². The van der Waals surface area contributed by atoms with Gasteiger partial charge in [-0.25, -0.2) is 8.42 Å². The molecule has 0 amide bonds. The number of hydrogen-bond donors (Lipinski definition) is 1. The zero-order valence-corrected chi connectivity index (χ0v) is 9.95. The largest absolute Gasteiger partial charge is 0.330 e. The number of nitrogens with zero attached hydrogens (tertiary/aromatic N) is 1. The van der Waals surface area contributed by atoms with Gasteiger partial charge in [-0.1, -0.05) is 6.07 Å². The molecule has 2 aromatic rings. The van der Waals surface area contributed by atoms with Gasteiger partial charge in [-0.2, -0.15) is 0 Å². The average Bonchev–Trinajstić information content (AvgIpc) is 2.41. The number of rotatable bonds is 1. The van der Waals surface area contributed by atoms with Crippen molar-refractivity contribution < 1.29 is 8.42 Å². The van der Waals surface area contributed by atoms with Crippen molar-refractivity contribution in [1.29, 1.82) is 0 Å². The second kappa shape index (κ2) is 3.18. The summed E-state index contributed by atoms with van der Waals surface area (Å²) < 4.78 is 25.3. The first-order valence-corrected chi connectivity index (χ1v) is 6.59. The van der Waals surface area contributed by atoms with Crippen LogP contribution in [0.4, 0.5) is 0 Å². The number of nitrogens with one attached hydrogen (secondary N) is 1. The molecule has 1 aromatic heterocycles. The molecule has 2 rings (SSSR count). The van der Waals surface area contributed by atoms with E-state index in [0.29, 0.717) is 10.3 Å². The highest BCUT2D eigenvalue weighted by Crippen LogP contribution is 2.21.